The fourth-order valence-electron chi connectivity index (χ4n) is 3.04. The average Bonchev–Trinajstić information content (AvgIpc) is 2.59. The Balaban J connectivity index is 0.00000729. The lowest BCUT2D eigenvalue weighted by Gasteiger charge is -2.32. The summed E-state index contributed by atoms with van der Waals surface area (Å²) in [5, 5.41) is 15.4. The largest absolute Gasteiger partial charge is 0.511 e. The maximum absolute atomic E-state index is 12.6. The molecule has 0 spiro atoms. The van der Waals surface area contributed by atoms with Gasteiger partial charge < -0.3 is 15.7 Å². The van der Waals surface area contributed by atoms with E-state index in [1.165, 1.54) is 0 Å². The minimum absolute atomic E-state index is 0. The van der Waals surface area contributed by atoms with Crippen LogP contribution in [0, 0.1) is 5.92 Å². The Bertz CT molecular complexity index is 562. The van der Waals surface area contributed by atoms with Crippen LogP contribution in [0.1, 0.15) is 46.0 Å². The molecule has 1 fully saturated rings. The highest BCUT2D eigenvalue weighted by Gasteiger charge is 2.50. The fraction of sp³-hybridized carbons (Fsp3) is 0.938. The van der Waals surface area contributed by atoms with E-state index in [4.69, 9.17) is 5.11 Å². The Labute approximate surface area is 182 Å². The van der Waals surface area contributed by atoms with Crippen LogP contribution in [-0.2, 0) is 10.0 Å². The Hall–Kier alpha value is -0.340. The molecular weight excluding hydrogens is 512 g/mol. The first-order chi connectivity index (χ1) is 12.7. The second-order valence-electron chi connectivity index (χ2n) is 6.66. The number of alkyl halides is 3. The van der Waals surface area contributed by atoms with Crippen LogP contribution in [0.25, 0.3) is 0 Å². The summed E-state index contributed by atoms with van der Waals surface area (Å²) in [6.07, 6.45) is 3.17. The Morgan fingerprint density at radius 3 is 2.32 bits per heavy atom. The van der Waals surface area contributed by atoms with Gasteiger partial charge in [0.2, 0.25) is 0 Å². The molecule has 0 radical (unpaired) electrons. The van der Waals surface area contributed by atoms with Crippen molar-refractivity contribution in [3.63, 3.8) is 0 Å². The van der Waals surface area contributed by atoms with E-state index in [2.05, 4.69) is 22.5 Å². The third kappa shape index (κ3) is 8.57. The van der Waals surface area contributed by atoms with Gasteiger partial charge in [-0.1, -0.05) is 13.3 Å². The van der Waals surface area contributed by atoms with Crippen LogP contribution in [0.3, 0.4) is 0 Å². The van der Waals surface area contributed by atoms with Crippen molar-refractivity contribution in [2.75, 3.05) is 32.8 Å². The van der Waals surface area contributed by atoms with Gasteiger partial charge in [0.25, 0.3) is 0 Å². The van der Waals surface area contributed by atoms with Gasteiger partial charge in [-0.3, -0.25) is 4.99 Å². The van der Waals surface area contributed by atoms with Gasteiger partial charge in [0.1, 0.15) is 0 Å². The Kier molecular flexibility index (Phi) is 12.9. The number of halogens is 4. The fourth-order valence-corrected chi connectivity index (χ4v) is 4.02. The molecule has 1 rings (SSSR count). The van der Waals surface area contributed by atoms with Crippen LogP contribution >= 0.6 is 24.0 Å². The van der Waals surface area contributed by atoms with Crippen LogP contribution in [0.2, 0.25) is 0 Å². The molecule has 0 aromatic carbocycles. The van der Waals surface area contributed by atoms with Crippen LogP contribution in [0.4, 0.5) is 13.2 Å². The van der Waals surface area contributed by atoms with E-state index < -0.39 is 15.5 Å². The van der Waals surface area contributed by atoms with Gasteiger partial charge in [0.05, 0.1) is 0 Å². The first kappa shape index (κ1) is 27.7. The van der Waals surface area contributed by atoms with Crippen LogP contribution in [0.5, 0.6) is 0 Å². The first-order valence-corrected chi connectivity index (χ1v) is 10.8. The molecule has 1 unspecified atom stereocenters. The van der Waals surface area contributed by atoms with Crippen molar-refractivity contribution in [1.29, 1.82) is 0 Å². The summed E-state index contributed by atoms with van der Waals surface area (Å²) in [4.78, 5) is 4.52. The average molecular weight is 544 g/mol. The minimum Gasteiger partial charge on any atom is -0.396 e. The zero-order valence-corrected chi connectivity index (χ0v) is 19.5. The standard InChI is InChI=1S/C16H31F3N4O3S.HI/c1-3-5-13(8-11-24)12-21-15(20-4-2)22-14-6-9-23(10-7-14)27(25,26)16(17,18)19;/h13-14,24H,3-12H2,1-2H3,(H2,20,21,22);1H. The van der Waals surface area contributed by atoms with E-state index in [1.54, 1.807) is 0 Å². The Morgan fingerprint density at radius 2 is 1.86 bits per heavy atom. The molecule has 0 aliphatic carbocycles. The number of nitrogens with one attached hydrogen (secondary N) is 2. The monoisotopic (exact) mass is 544 g/mol. The number of sulfonamides is 1. The lowest BCUT2D eigenvalue weighted by atomic mass is 10.0. The molecule has 168 valence electrons. The maximum atomic E-state index is 12.6. The number of aliphatic imine (C=N–C) groups is 1. The van der Waals surface area contributed by atoms with Gasteiger partial charge in [0.15, 0.2) is 5.96 Å². The topological polar surface area (TPSA) is 94.0 Å². The van der Waals surface area contributed by atoms with Crippen molar-refractivity contribution in [2.24, 2.45) is 10.9 Å². The van der Waals surface area contributed by atoms with Crippen molar-refractivity contribution < 1.29 is 26.7 Å². The Morgan fingerprint density at radius 1 is 1.25 bits per heavy atom. The molecule has 1 atom stereocenters. The van der Waals surface area contributed by atoms with Crippen LogP contribution in [-0.4, -0.2) is 68.1 Å². The lowest BCUT2D eigenvalue weighted by Crippen LogP contribution is -2.51. The van der Waals surface area contributed by atoms with E-state index in [1.807, 2.05) is 6.92 Å². The second kappa shape index (κ2) is 13.1. The zero-order valence-electron chi connectivity index (χ0n) is 16.3. The highest BCUT2D eigenvalue weighted by atomic mass is 127. The van der Waals surface area contributed by atoms with Crippen molar-refractivity contribution in [2.45, 2.75) is 57.5 Å². The molecule has 28 heavy (non-hydrogen) atoms. The molecule has 0 bridgehead atoms. The SMILES string of the molecule is CCCC(CCO)CN=C(NCC)NC1CCN(S(=O)(=O)C(F)(F)F)CC1.I. The molecule has 12 heteroatoms. The number of rotatable bonds is 9. The quantitative estimate of drug-likeness (QED) is 0.235. The van der Waals surface area contributed by atoms with E-state index in [0.717, 1.165) is 12.8 Å². The molecule has 0 amide bonds. The summed E-state index contributed by atoms with van der Waals surface area (Å²) >= 11 is 0. The van der Waals surface area contributed by atoms with Gasteiger partial charge in [-0.05, 0) is 38.5 Å². The lowest BCUT2D eigenvalue weighted by molar-refractivity contribution is -0.0494. The summed E-state index contributed by atoms with van der Waals surface area (Å²) in [5.41, 5.74) is -5.26. The number of piperidine rings is 1. The normalized spacial score (nSPS) is 18.4. The predicted octanol–water partition coefficient (Wildman–Crippen LogP) is 2.27. The van der Waals surface area contributed by atoms with Crippen molar-refractivity contribution >= 4 is 40.0 Å². The van der Waals surface area contributed by atoms with Crippen molar-refractivity contribution in [3.8, 4) is 0 Å². The number of hydrogen-bond acceptors (Lipinski definition) is 4. The van der Waals surface area contributed by atoms with Gasteiger partial charge in [-0.15, -0.1) is 24.0 Å². The van der Waals surface area contributed by atoms with E-state index in [-0.39, 0.29) is 68.5 Å². The van der Waals surface area contributed by atoms with Gasteiger partial charge in [-0.25, -0.2) is 8.42 Å². The summed E-state index contributed by atoms with van der Waals surface area (Å²) in [7, 11) is -5.26. The molecule has 7 nitrogen and oxygen atoms in total. The molecule has 1 heterocycles. The second-order valence-corrected chi connectivity index (χ2v) is 8.58. The number of guanidine groups is 1. The third-order valence-corrected chi connectivity index (χ3v) is 6.14. The van der Waals surface area contributed by atoms with Gasteiger partial charge >= 0.3 is 15.5 Å². The van der Waals surface area contributed by atoms with E-state index >= 15 is 0 Å². The van der Waals surface area contributed by atoms with E-state index in [0.29, 0.717) is 29.8 Å². The summed E-state index contributed by atoms with van der Waals surface area (Å²) in [6, 6.07) is -0.148. The number of aliphatic hydroxyl groups excluding tert-OH is 1. The molecular formula is C16H32F3IN4O3S. The van der Waals surface area contributed by atoms with Crippen molar-refractivity contribution in [3.05, 3.63) is 0 Å². The van der Waals surface area contributed by atoms with Crippen LogP contribution < -0.4 is 10.6 Å². The van der Waals surface area contributed by atoms with Crippen molar-refractivity contribution in [1.82, 2.24) is 14.9 Å². The number of nitrogens with zero attached hydrogens (tertiary/aromatic N) is 2. The third-order valence-electron chi connectivity index (χ3n) is 4.51. The summed E-state index contributed by atoms with van der Waals surface area (Å²) in [5.74, 6) is 0.836. The molecule has 3 N–H and O–H groups in total. The maximum Gasteiger partial charge on any atom is 0.511 e. The summed E-state index contributed by atoms with van der Waals surface area (Å²) in [6.45, 7) is 4.91. The highest BCUT2D eigenvalue weighted by Crippen LogP contribution is 2.28. The zero-order chi connectivity index (χ0) is 20.5. The molecule has 0 saturated carbocycles. The summed E-state index contributed by atoms with van der Waals surface area (Å²) < 4.78 is 61.3. The molecule has 0 aromatic heterocycles. The molecule has 1 saturated heterocycles. The van der Waals surface area contributed by atoms with Gasteiger partial charge in [0, 0.05) is 38.8 Å². The first-order valence-electron chi connectivity index (χ1n) is 9.37. The van der Waals surface area contributed by atoms with E-state index in [9.17, 15) is 21.6 Å². The number of hydrogen-bond donors (Lipinski definition) is 3. The smallest absolute Gasteiger partial charge is 0.396 e. The van der Waals surface area contributed by atoms with Gasteiger partial charge in [-0.2, -0.15) is 17.5 Å². The minimum atomic E-state index is -5.26. The highest BCUT2D eigenvalue weighted by molar-refractivity contribution is 14.0. The molecule has 1 aliphatic rings. The predicted molar refractivity (Wildman–Crippen MR) is 114 cm³/mol. The number of aliphatic hydroxyl groups is 1. The molecule has 0 aromatic rings. The van der Waals surface area contributed by atoms with Crippen LogP contribution in [0.15, 0.2) is 4.99 Å². The molecule has 1 aliphatic heterocycles.